The van der Waals surface area contributed by atoms with E-state index in [4.69, 9.17) is 4.74 Å². The molecule has 0 N–H and O–H groups in total. The zero-order valence-corrected chi connectivity index (χ0v) is 13.1. The molecule has 0 spiro atoms. The summed E-state index contributed by atoms with van der Waals surface area (Å²) in [5.41, 5.74) is 2.76. The Morgan fingerprint density at radius 2 is 2.10 bits per heavy atom. The van der Waals surface area contributed by atoms with Crippen LogP contribution in [0.2, 0.25) is 0 Å². The highest BCUT2D eigenvalue weighted by Gasteiger charge is 2.20. The highest BCUT2D eigenvalue weighted by molar-refractivity contribution is 5.52. The highest BCUT2D eigenvalue weighted by atomic mass is 16.5. The number of hydrogen-bond donors (Lipinski definition) is 0. The van der Waals surface area contributed by atoms with Crippen molar-refractivity contribution in [2.24, 2.45) is 5.92 Å². The summed E-state index contributed by atoms with van der Waals surface area (Å²) >= 11 is 0. The number of benzene rings is 1. The molecular weight excluding hydrogens is 248 g/mol. The minimum atomic E-state index is 0.704. The van der Waals surface area contributed by atoms with E-state index in [0.717, 1.165) is 19.8 Å². The minimum Gasteiger partial charge on any atom is -0.381 e. The molecule has 1 aliphatic rings. The fraction of sp³-hybridized carbons (Fsp3) is 0.647. The van der Waals surface area contributed by atoms with Crippen LogP contribution in [0.3, 0.4) is 0 Å². The molecule has 0 radical (unpaired) electrons. The number of nitrogens with zero attached hydrogens (tertiary/aromatic N) is 2. The summed E-state index contributed by atoms with van der Waals surface area (Å²) in [4.78, 5) is 4.78. The fourth-order valence-electron chi connectivity index (χ4n) is 3.04. The van der Waals surface area contributed by atoms with Crippen molar-refractivity contribution in [2.75, 3.05) is 45.3 Å². The molecule has 3 nitrogen and oxygen atoms in total. The highest BCUT2D eigenvalue weighted by Crippen LogP contribution is 2.23. The Morgan fingerprint density at radius 3 is 2.85 bits per heavy atom. The van der Waals surface area contributed by atoms with Crippen LogP contribution in [0.15, 0.2) is 24.3 Å². The summed E-state index contributed by atoms with van der Waals surface area (Å²) in [5.74, 6) is 0.704. The van der Waals surface area contributed by atoms with Crippen LogP contribution in [0.5, 0.6) is 0 Å². The van der Waals surface area contributed by atoms with Gasteiger partial charge >= 0.3 is 0 Å². The van der Waals surface area contributed by atoms with Gasteiger partial charge in [-0.25, -0.2) is 0 Å². The summed E-state index contributed by atoms with van der Waals surface area (Å²) in [5, 5.41) is 0. The first kappa shape index (κ1) is 15.3. The number of likely N-dealkylation sites (tertiary alicyclic amines) is 1. The first-order valence-corrected chi connectivity index (χ1v) is 7.76. The van der Waals surface area contributed by atoms with E-state index in [-0.39, 0.29) is 0 Å². The molecule has 0 saturated carbocycles. The zero-order valence-electron chi connectivity index (χ0n) is 13.1. The van der Waals surface area contributed by atoms with Gasteiger partial charge < -0.3 is 9.64 Å². The Morgan fingerprint density at radius 1 is 1.30 bits per heavy atom. The van der Waals surface area contributed by atoms with Gasteiger partial charge in [-0.1, -0.05) is 18.2 Å². The number of para-hydroxylation sites is 1. The summed E-state index contributed by atoms with van der Waals surface area (Å²) < 4.78 is 5.60. The molecule has 0 amide bonds. The van der Waals surface area contributed by atoms with E-state index in [1.54, 1.807) is 0 Å². The molecule has 1 fully saturated rings. The second-order valence-electron chi connectivity index (χ2n) is 5.93. The molecule has 1 atom stereocenters. The lowest BCUT2D eigenvalue weighted by Crippen LogP contribution is -2.37. The van der Waals surface area contributed by atoms with E-state index in [0.29, 0.717) is 5.92 Å². The molecular formula is C17H28N2O. The molecule has 1 aliphatic heterocycles. The van der Waals surface area contributed by atoms with E-state index in [1.165, 1.54) is 37.2 Å². The van der Waals surface area contributed by atoms with Crippen molar-refractivity contribution >= 4 is 5.69 Å². The number of piperidine rings is 1. The van der Waals surface area contributed by atoms with Crippen molar-refractivity contribution in [3.63, 3.8) is 0 Å². The standard InChI is InChI=1S/C17H28N2O/c1-4-20-14-15-8-7-11-19(12-15)13-16-9-5-6-10-17(16)18(2)3/h5-6,9-10,15H,4,7-8,11-14H2,1-3H3/t15-/m1/s1. The number of rotatable bonds is 6. The fourth-order valence-corrected chi connectivity index (χ4v) is 3.04. The third-order valence-electron chi connectivity index (χ3n) is 4.03. The summed E-state index contributed by atoms with van der Waals surface area (Å²) in [6.45, 7) is 7.26. The maximum absolute atomic E-state index is 5.60. The van der Waals surface area contributed by atoms with Crippen molar-refractivity contribution in [2.45, 2.75) is 26.3 Å². The van der Waals surface area contributed by atoms with Crippen LogP contribution >= 0.6 is 0 Å². The van der Waals surface area contributed by atoms with Gasteiger partial charge in [-0.05, 0) is 43.9 Å². The smallest absolute Gasteiger partial charge is 0.0506 e. The van der Waals surface area contributed by atoms with Crippen LogP contribution in [-0.2, 0) is 11.3 Å². The quantitative estimate of drug-likeness (QED) is 0.794. The monoisotopic (exact) mass is 276 g/mol. The van der Waals surface area contributed by atoms with Crippen molar-refractivity contribution in [1.82, 2.24) is 4.90 Å². The Labute approximate surface area is 123 Å². The lowest BCUT2D eigenvalue weighted by molar-refractivity contribution is 0.0648. The summed E-state index contributed by atoms with van der Waals surface area (Å²) in [6, 6.07) is 8.72. The molecule has 1 saturated heterocycles. The number of anilines is 1. The Kier molecular flexibility index (Phi) is 5.86. The van der Waals surface area contributed by atoms with Crippen molar-refractivity contribution < 1.29 is 4.74 Å². The van der Waals surface area contributed by atoms with E-state index in [9.17, 15) is 0 Å². The third kappa shape index (κ3) is 4.22. The van der Waals surface area contributed by atoms with E-state index >= 15 is 0 Å². The van der Waals surface area contributed by atoms with E-state index in [1.807, 2.05) is 0 Å². The third-order valence-corrected chi connectivity index (χ3v) is 4.03. The molecule has 0 aromatic heterocycles. The van der Waals surface area contributed by atoms with Gasteiger partial charge in [0.15, 0.2) is 0 Å². The Balaban J connectivity index is 1.95. The number of ether oxygens (including phenoxy) is 1. The van der Waals surface area contributed by atoms with Crippen LogP contribution in [0, 0.1) is 5.92 Å². The predicted octanol–water partition coefficient (Wildman–Crippen LogP) is 3.00. The van der Waals surface area contributed by atoms with Crippen molar-refractivity contribution in [3.05, 3.63) is 29.8 Å². The molecule has 1 aromatic rings. The summed E-state index contributed by atoms with van der Waals surface area (Å²) in [6.07, 6.45) is 2.60. The maximum Gasteiger partial charge on any atom is 0.0506 e. The average molecular weight is 276 g/mol. The molecule has 0 bridgehead atoms. The molecule has 0 aliphatic carbocycles. The van der Waals surface area contributed by atoms with Gasteiger partial charge in [0, 0.05) is 39.5 Å². The van der Waals surface area contributed by atoms with Crippen LogP contribution in [0.25, 0.3) is 0 Å². The van der Waals surface area contributed by atoms with Crippen LogP contribution in [0.4, 0.5) is 5.69 Å². The Bertz CT molecular complexity index is 406. The molecule has 1 heterocycles. The second kappa shape index (κ2) is 7.65. The molecule has 0 unspecified atom stereocenters. The van der Waals surface area contributed by atoms with Crippen molar-refractivity contribution in [1.29, 1.82) is 0 Å². The van der Waals surface area contributed by atoms with E-state index in [2.05, 4.69) is 55.1 Å². The van der Waals surface area contributed by atoms with Gasteiger partial charge in [-0.3, -0.25) is 4.90 Å². The van der Waals surface area contributed by atoms with Gasteiger partial charge in [-0.15, -0.1) is 0 Å². The minimum absolute atomic E-state index is 0.704. The topological polar surface area (TPSA) is 15.7 Å². The molecule has 1 aromatic carbocycles. The van der Waals surface area contributed by atoms with Gasteiger partial charge in [-0.2, -0.15) is 0 Å². The largest absolute Gasteiger partial charge is 0.381 e. The van der Waals surface area contributed by atoms with Crippen LogP contribution in [-0.4, -0.2) is 45.3 Å². The van der Waals surface area contributed by atoms with Gasteiger partial charge in [0.2, 0.25) is 0 Å². The normalized spacial score (nSPS) is 20.1. The van der Waals surface area contributed by atoms with Gasteiger partial charge in [0.05, 0.1) is 6.61 Å². The second-order valence-corrected chi connectivity index (χ2v) is 5.93. The summed E-state index contributed by atoms with van der Waals surface area (Å²) in [7, 11) is 4.24. The maximum atomic E-state index is 5.60. The molecule has 20 heavy (non-hydrogen) atoms. The molecule has 112 valence electrons. The van der Waals surface area contributed by atoms with Crippen LogP contribution in [0.1, 0.15) is 25.3 Å². The first-order chi connectivity index (χ1) is 9.70. The first-order valence-electron chi connectivity index (χ1n) is 7.76. The lowest BCUT2D eigenvalue weighted by atomic mass is 9.98. The zero-order chi connectivity index (χ0) is 14.4. The lowest BCUT2D eigenvalue weighted by Gasteiger charge is -2.33. The Hall–Kier alpha value is -1.06. The average Bonchev–Trinajstić information content (AvgIpc) is 2.46. The SMILES string of the molecule is CCOC[C@@H]1CCCN(Cc2ccccc2N(C)C)C1. The van der Waals surface area contributed by atoms with E-state index < -0.39 is 0 Å². The number of hydrogen-bond acceptors (Lipinski definition) is 3. The predicted molar refractivity (Wildman–Crippen MR) is 85.3 cm³/mol. The van der Waals surface area contributed by atoms with Crippen molar-refractivity contribution in [3.8, 4) is 0 Å². The van der Waals surface area contributed by atoms with Gasteiger partial charge in [0.1, 0.15) is 0 Å². The molecule has 3 heteroatoms. The van der Waals surface area contributed by atoms with Gasteiger partial charge in [0.25, 0.3) is 0 Å². The molecule has 2 rings (SSSR count). The van der Waals surface area contributed by atoms with Crippen LogP contribution < -0.4 is 4.90 Å².